The molecule has 1 aliphatic rings. The third-order valence-electron chi connectivity index (χ3n) is 4.35. The van der Waals surface area contributed by atoms with Crippen molar-refractivity contribution in [3.63, 3.8) is 0 Å². The molecule has 112 valence electrons. The SMILES string of the molecule is COc1cccc(C(O)CN2CC(C)N(C)C(C)C2)c1. The van der Waals surface area contributed by atoms with E-state index in [1.54, 1.807) is 7.11 Å². The molecule has 0 saturated carbocycles. The fourth-order valence-electron chi connectivity index (χ4n) is 2.86. The van der Waals surface area contributed by atoms with Crippen molar-refractivity contribution in [2.75, 3.05) is 33.8 Å². The summed E-state index contributed by atoms with van der Waals surface area (Å²) in [6.45, 7) is 7.15. The Bertz CT molecular complexity index is 426. The van der Waals surface area contributed by atoms with Crippen LogP contribution < -0.4 is 4.74 Å². The molecular weight excluding hydrogens is 252 g/mol. The summed E-state index contributed by atoms with van der Waals surface area (Å²) in [4.78, 5) is 4.74. The van der Waals surface area contributed by atoms with Crippen LogP contribution in [0.2, 0.25) is 0 Å². The van der Waals surface area contributed by atoms with Crippen molar-refractivity contribution in [3.8, 4) is 5.75 Å². The summed E-state index contributed by atoms with van der Waals surface area (Å²) in [5.41, 5.74) is 0.920. The molecule has 4 nitrogen and oxygen atoms in total. The van der Waals surface area contributed by atoms with Crippen LogP contribution in [0, 0.1) is 0 Å². The van der Waals surface area contributed by atoms with E-state index in [4.69, 9.17) is 4.74 Å². The zero-order valence-corrected chi connectivity index (χ0v) is 12.9. The van der Waals surface area contributed by atoms with Crippen molar-refractivity contribution < 1.29 is 9.84 Å². The van der Waals surface area contributed by atoms with Crippen LogP contribution in [0.25, 0.3) is 0 Å². The first kappa shape index (κ1) is 15.3. The second-order valence-electron chi connectivity index (χ2n) is 5.87. The van der Waals surface area contributed by atoms with Crippen LogP contribution in [0.15, 0.2) is 24.3 Å². The number of hydrogen-bond donors (Lipinski definition) is 1. The number of aliphatic hydroxyl groups is 1. The maximum atomic E-state index is 10.4. The Balaban J connectivity index is 1.98. The average molecular weight is 278 g/mol. The fourth-order valence-corrected chi connectivity index (χ4v) is 2.86. The van der Waals surface area contributed by atoms with Gasteiger partial charge in [-0.15, -0.1) is 0 Å². The summed E-state index contributed by atoms with van der Waals surface area (Å²) < 4.78 is 5.21. The molecule has 2 rings (SSSR count). The molecule has 0 bridgehead atoms. The molecule has 1 fully saturated rings. The highest BCUT2D eigenvalue weighted by Gasteiger charge is 2.27. The molecule has 0 amide bonds. The van der Waals surface area contributed by atoms with E-state index in [9.17, 15) is 5.11 Å². The number of hydrogen-bond acceptors (Lipinski definition) is 4. The van der Waals surface area contributed by atoms with E-state index >= 15 is 0 Å². The highest BCUT2D eigenvalue weighted by Crippen LogP contribution is 2.22. The Labute approximate surface area is 122 Å². The molecule has 1 aromatic carbocycles. The maximum absolute atomic E-state index is 10.4. The zero-order valence-electron chi connectivity index (χ0n) is 12.9. The van der Waals surface area contributed by atoms with Gasteiger partial charge in [0.05, 0.1) is 13.2 Å². The normalized spacial score (nSPS) is 26.4. The van der Waals surface area contributed by atoms with E-state index in [0.29, 0.717) is 18.6 Å². The summed E-state index contributed by atoms with van der Waals surface area (Å²) in [6.07, 6.45) is -0.465. The Hall–Kier alpha value is -1.10. The molecule has 0 radical (unpaired) electrons. The molecular formula is C16H26N2O2. The Morgan fingerprint density at radius 1 is 1.30 bits per heavy atom. The van der Waals surface area contributed by atoms with Gasteiger partial charge < -0.3 is 9.84 Å². The van der Waals surface area contributed by atoms with Crippen molar-refractivity contribution in [2.45, 2.75) is 32.0 Å². The van der Waals surface area contributed by atoms with E-state index in [0.717, 1.165) is 24.4 Å². The molecule has 3 atom stereocenters. The molecule has 0 aliphatic carbocycles. The van der Waals surface area contributed by atoms with E-state index in [2.05, 4.69) is 30.7 Å². The topological polar surface area (TPSA) is 35.9 Å². The van der Waals surface area contributed by atoms with Crippen molar-refractivity contribution in [1.29, 1.82) is 0 Å². The number of rotatable bonds is 4. The first-order chi connectivity index (χ1) is 9.51. The second kappa shape index (κ2) is 6.57. The molecule has 1 saturated heterocycles. The smallest absolute Gasteiger partial charge is 0.119 e. The predicted octanol–water partition coefficient (Wildman–Crippen LogP) is 1.75. The van der Waals surface area contributed by atoms with Gasteiger partial charge in [0.25, 0.3) is 0 Å². The number of methoxy groups -OCH3 is 1. The van der Waals surface area contributed by atoms with E-state index in [1.807, 2.05) is 24.3 Å². The van der Waals surface area contributed by atoms with Crippen LogP contribution in [0.5, 0.6) is 5.75 Å². The molecule has 4 heteroatoms. The number of benzene rings is 1. The van der Waals surface area contributed by atoms with Gasteiger partial charge in [-0.25, -0.2) is 0 Å². The summed E-state index contributed by atoms with van der Waals surface area (Å²) in [7, 11) is 3.82. The van der Waals surface area contributed by atoms with Gasteiger partial charge in [-0.1, -0.05) is 12.1 Å². The Morgan fingerprint density at radius 3 is 2.55 bits per heavy atom. The third kappa shape index (κ3) is 3.51. The molecule has 1 aromatic rings. The van der Waals surface area contributed by atoms with Gasteiger partial charge in [-0.05, 0) is 38.6 Å². The van der Waals surface area contributed by atoms with Gasteiger partial charge in [-0.2, -0.15) is 0 Å². The summed E-state index contributed by atoms with van der Waals surface area (Å²) in [6, 6.07) is 8.74. The van der Waals surface area contributed by atoms with E-state index in [-0.39, 0.29) is 0 Å². The Morgan fingerprint density at radius 2 is 1.95 bits per heavy atom. The molecule has 0 spiro atoms. The van der Waals surface area contributed by atoms with Crippen LogP contribution in [0.4, 0.5) is 0 Å². The van der Waals surface area contributed by atoms with Crippen LogP contribution >= 0.6 is 0 Å². The number of likely N-dealkylation sites (N-methyl/N-ethyl adjacent to an activating group) is 1. The summed E-state index contributed by atoms with van der Waals surface area (Å²) in [5, 5.41) is 10.4. The number of nitrogens with zero attached hydrogens (tertiary/aromatic N) is 2. The first-order valence-corrected chi connectivity index (χ1v) is 7.27. The van der Waals surface area contributed by atoms with Crippen LogP contribution in [0.3, 0.4) is 0 Å². The molecule has 3 unspecified atom stereocenters. The lowest BCUT2D eigenvalue weighted by Crippen LogP contribution is -2.55. The van der Waals surface area contributed by atoms with Crippen molar-refractivity contribution in [1.82, 2.24) is 9.80 Å². The third-order valence-corrected chi connectivity index (χ3v) is 4.35. The van der Waals surface area contributed by atoms with Gasteiger partial charge in [-0.3, -0.25) is 9.80 Å². The first-order valence-electron chi connectivity index (χ1n) is 7.27. The molecule has 20 heavy (non-hydrogen) atoms. The monoisotopic (exact) mass is 278 g/mol. The highest BCUT2D eigenvalue weighted by atomic mass is 16.5. The summed E-state index contributed by atoms with van der Waals surface area (Å²) >= 11 is 0. The molecule has 1 aliphatic heterocycles. The van der Waals surface area contributed by atoms with Crippen molar-refractivity contribution >= 4 is 0 Å². The van der Waals surface area contributed by atoms with Crippen LogP contribution in [-0.4, -0.2) is 60.8 Å². The Kier molecular flexibility index (Phi) is 5.02. The van der Waals surface area contributed by atoms with Gasteiger partial charge >= 0.3 is 0 Å². The minimum Gasteiger partial charge on any atom is -0.497 e. The van der Waals surface area contributed by atoms with Crippen LogP contribution in [-0.2, 0) is 0 Å². The molecule has 0 aromatic heterocycles. The van der Waals surface area contributed by atoms with Gasteiger partial charge in [0.1, 0.15) is 5.75 Å². The zero-order chi connectivity index (χ0) is 14.7. The summed E-state index contributed by atoms with van der Waals surface area (Å²) in [5.74, 6) is 0.793. The molecule has 1 heterocycles. The lowest BCUT2D eigenvalue weighted by molar-refractivity contribution is 0.0281. The van der Waals surface area contributed by atoms with E-state index in [1.165, 1.54) is 0 Å². The largest absolute Gasteiger partial charge is 0.497 e. The van der Waals surface area contributed by atoms with Crippen LogP contribution in [0.1, 0.15) is 25.5 Å². The van der Waals surface area contributed by atoms with Gasteiger partial charge in [0.15, 0.2) is 0 Å². The number of ether oxygens (including phenoxy) is 1. The quantitative estimate of drug-likeness (QED) is 0.910. The lowest BCUT2D eigenvalue weighted by atomic mass is 10.1. The lowest BCUT2D eigenvalue weighted by Gasteiger charge is -2.43. The van der Waals surface area contributed by atoms with Gasteiger partial charge in [0.2, 0.25) is 0 Å². The molecule has 1 N–H and O–H groups in total. The minimum atomic E-state index is -0.465. The predicted molar refractivity (Wildman–Crippen MR) is 81.1 cm³/mol. The maximum Gasteiger partial charge on any atom is 0.119 e. The fraction of sp³-hybridized carbons (Fsp3) is 0.625. The van der Waals surface area contributed by atoms with E-state index < -0.39 is 6.10 Å². The minimum absolute atomic E-state index is 0.465. The van der Waals surface area contributed by atoms with Crippen molar-refractivity contribution in [2.24, 2.45) is 0 Å². The van der Waals surface area contributed by atoms with Gasteiger partial charge in [0, 0.05) is 31.7 Å². The number of aliphatic hydroxyl groups excluding tert-OH is 1. The standard InChI is InChI=1S/C16H26N2O2/c1-12-9-18(10-13(2)17(12)3)11-16(19)14-6-5-7-15(8-14)20-4/h5-8,12-13,16,19H,9-11H2,1-4H3. The number of β-amino-alcohol motifs (C(OH)–C–C–N with tert-alkyl or cyclic N) is 1. The van der Waals surface area contributed by atoms with Crippen molar-refractivity contribution in [3.05, 3.63) is 29.8 Å². The number of piperazine rings is 1. The second-order valence-corrected chi connectivity index (χ2v) is 5.87. The average Bonchev–Trinajstić information content (AvgIpc) is 2.44. The highest BCUT2D eigenvalue weighted by molar-refractivity contribution is 5.29.